The molecule has 1 amide bonds. The highest BCUT2D eigenvalue weighted by molar-refractivity contribution is 7.83. The molecule has 166 valence electrons. The molecule has 3 aromatic rings. The number of amides is 1. The first-order chi connectivity index (χ1) is 15.2. The van der Waals surface area contributed by atoms with Crippen LogP contribution in [0.5, 0.6) is 0 Å². The molecule has 8 heteroatoms. The molecule has 0 radical (unpaired) electrons. The van der Waals surface area contributed by atoms with Crippen LogP contribution in [0.15, 0.2) is 45.7 Å². The van der Waals surface area contributed by atoms with E-state index in [4.69, 9.17) is 4.42 Å². The summed E-state index contributed by atoms with van der Waals surface area (Å²) < 4.78 is 21.9. The van der Waals surface area contributed by atoms with Crippen molar-refractivity contribution < 1.29 is 18.2 Å². The van der Waals surface area contributed by atoms with Crippen molar-refractivity contribution in [3.8, 4) is 6.07 Å². The van der Waals surface area contributed by atoms with Gasteiger partial charge < -0.3 is 9.73 Å². The first-order valence-electron chi connectivity index (χ1n) is 10.6. The fourth-order valence-electron chi connectivity index (χ4n) is 3.68. The topological polar surface area (TPSA) is 112 Å². The third-order valence-electron chi connectivity index (χ3n) is 5.66. The van der Waals surface area contributed by atoms with Crippen LogP contribution in [0.2, 0.25) is 0 Å². The van der Waals surface area contributed by atoms with Gasteiger partial charge in [0, 0.05) is 16.3 Å². The van der Waals surface area contributed by atoms with Crippen molar-refractivity contribution in [2.75, 3.05) is 0 Å². The van der Waals surface area contributed by atoms with Crippen molar-refractivity contribution in [3.63, 3.8) is 0 Å². The van der Waals surface area contributed by atoms with Crippen molar-refractivity contribution >= 4 is 44.6 Å². The van der Waals surface area contributed by atoms with Crippen LogP contribution in [0, 0.1) is 17.2 Å². The van der Waals surface area contributed by atoms with Crippen molar-refractivity contribution in [1.29, 1.82) is 5.26 Å². The van der Waals surface area contributed by atoms with E-state index in [1.165, 1.54) is 6.92 Å². The Morgan fingerprint density at radius 2 is 1.91 bits per heavy atom. The molecule has 0 bridgehead atoms. The van der Waals surface area contributed by atoms with Crippen LogP contribution in [-0.4, -0.2) is 27.5 Å². The van der Waals surface area contributed by atoms with E-state index in [9.17, 15) is 19.1 Å². The van der Waals surface area contributed by atoms with Gasteiger partial charge in [0.15, 0.2) is 5.78 Å². The van der Waals surface area contributed by atoms with Crippen LogP contribution in [0.3, 0.4) is 0 Å². The normalized spacial score (nSPS) is 16.6. The zero-order valence-electron chi connectivity index (χ0n) is 18.2. The van der Waals surface area contributed by atoms with Crippen molar-refractivity contribution in [2.24, 2.45) is 5.92 Å². The van der Waals surface area contributed by atoms with Gasteiger partial charge in [0.05, 0.1) is 17.0 Å². The lowest BCUT2D eigenvalue weighted by atomic mass is 10.0. The number of Topliss-reactive ketones (excluding diaryl/α,β-unsaturated/α-hetero) is 1. The SMILES string of the molecule is CC(=O)c1ccc2c(c1)oc1ccc(S(=O)N[C@@H](CC(C)C)C(=O)NC3(C#N)CC3)cc12. The summed E-state index contributed by atoms with van der Waals surface area (Å²) in [7, 11) is -1.64. The van der Waals surface area contributed by atoms with Crippen LogP contribution >= 0.6 is 0 Å². The second kappa shape index (κ2) is 8.49. The number of nitriles is 1. The molecule has 2 N–H and O–H groups in total. The van der Waals surface area contributed by atoms with E-state index in [0.717, 1.165) is 10.8 Å². The van der Waals surface area contributed by atoms with Gasteiger partial charge in [-0.1, -0.05) is 19.9 Å². The van der Waals surface area contributed by atoms with Crippen LogP contribution in [0.25, 0.3) is 21.9 Å². The van der Waals surface area contributed by atoms with Gasteiger partial charge in [-0.2, -0.15) is 5.26 Å². The maximum atomic E-state index is 13.1. The molecule has 2 aromatic carbocycles. The van der Waals surface area contributed by atoms with E-state index in [0.29, 0.717) is 40.9 Å². The Morgan fingerprint density at radius 1 is 1.16 bits per heavy atom. The highest BCUT2D eigenvalue weighted by Crippen LogP contribution is 2.34. The molecule has 7 nitrogen and oxygen atoms in total. The molecule has 1 aromatic heterocycles. The van der Waals surface area contributed by atoms with E-state index in [2.05, 4.69) is 16.1 Å². The minimum atomic E-state index is -1.64. The minimum Gasteiger partial charge on any atom is -0.456 e. The number of ketones is 1. The first-order valence-corrected chi connectivity index (χ1v) is 11.7. The number of nitrogens with zero attached hydrogens (tertiary/aromatic N) is 1. The fraction of sp³-hybridized carbons (Fsp3) is 0.375. The quantitative estimate of drug-likeness (QED) is 0.503. The molecule has 1 aliphatic rings. The Balaban J connectivity index is 1.59. The number of carbonyl (C=O) groups excluding carboxylic acids is 2. The molecule has 4 rings (SSSR count). The number of benzene rings is 2. The maximum Gasteiger partial charge on any atom is 0.239 e. The molecule has 32 heavy (non-hydrogen) atoms. The predicted molar refractivity (Wildman–Crippen MR) is 122 cm³/mol. The molecular weight excluding hydrogens is 426 g/mol. The average Bonchev–Trinajstić information content (AvgIpc) is 3.43. The molecule has 0 saturated heterocycles. The Kier molecular flexibility index (Phi) is 5.89. The number of hydrogen-bond acceptors (Lipinski definition) is 5. The number of rotatable bonds is 8. The lowest BCUT2D eigenvalue weighted by Crippen LogP contribution is -2.49. The summed E-state index contributed by atoms with van der Waals surface area (Å²) in [6.07, 6.45) is 1.77. The largest absolute Gasteiger partial charge is 0.456 e. The smallest absolute Gasteiger partial charge is 0.239 e. The van der Waals surface area contributed by atoms with Gasteiger partial charge in [-0.25, -0.2) is 8.93 Å². The first kappa shape index (κ1) is 22.2. The van der Waals surface area contributed by atoms with Crippen LogP contribution < -0.4 is 10.0 Å². The Labute approximate surface area is 188 Å². The third-order valence-corrected chi connectivity index (χ3v) is 6.84. The molecule has 1 unspecified atom stereocenters. The van der Waals surface area contributed by atoms with E-state index in [-0.39, 0.29) is 17.6 Å². The highest BCUT2D eigenvalue weighted by Gasteiger charge is 2.45. The minimum absolute atomic E-state index is 0.0443. The second-order valence-corrected chi connectivity index (χ2v) is 10.0. The van der Waals surface area contributed by atoms with E-state index < -0.39 is 22.6 Å². The summed E-state index contributed by atoms with van der Waals surface area (Å²) in [5.74, 6) is -0.154. The molecule has 1 saturated carbocycles. The number of furan rings is 1. The van der Waals surface area contributed by atoms with Gasteiger partial charge in [0.2, 0.25) is 5.91 Å². The van der Waals surface area contributed by atoms with E-state index in [1.54, 1.807) is 30.3 Å². The maximum absolute atomic E-state index is 13.1. The standard InChI is InChI=1S/C24H25N3O4S/c1-14(2)10-20(23(29)26-24(13-25)8-9-24)27-32(30)17-5-7-21-19(12-17)18-6-4-16(15(3)28)11-22(18)31-21/h4-7,11-12,14,20,27H,8-10H2,1-3H3,(H,26,29)/t20-,32?/m0/s1. The zero-order chi connectivity index (χ0) is 23.0. The number of nitrogens with one attached hydrogen (secondary N) is 2. The molecule has 0 spiro atoms. The van der Waals surface area contributed by atoms with Crippen LogP contribution in [0.1, 0.15) is 50.4 Å². The van der Waals surface area contributed by atoms with Crippen LogP contribution in [-0.2, 0) is 15.8 Å². The lowest BCUT2D eigenvalue weighted by molar-refractivity contribution is -0.123. The van der Waals surface area contributed by atoms with E-state index >= 15 is 0 Å². The Bertz CT molecular complexity index is 1280. The van der Waals surface area contributed by atoms with Crippen molar-refractivity contribution in [1.82, 2.24) is 10.0 Å². The van der Waals surface area contributed by atoms with Crippen molar-refractivity contribution in [2.45, 2.75) is 56.5 Å². The molecule has 1 fully saturated rings. The molecule has 2 atom stereocenters. The van der Waals surface area contributed by atoms with Crippen LogP contribution in [0.4, 0.5) is 0 Å². The number of carbonyl (C=O) groups is 2. The fourth-order valence-corrected chi connectivity index (χ4v) is 4.69. The summed E-state index contributed by atoms with van der Waals surface area (Å²) in [6, 6.07) is 12.0. The summed E-state index contributed by atoms with van der Waals surface area (Å²) in [6.45, 7) is 5.48. The Hall–Kier alpha value is -3.02. The molecule has 0 aliphatic heterocycles. The summed E-state index contributed by atoms with van der Waals surface area (Å²) in [5.41, 5.74) is 1.01. The van der Waals surface area contributed by atoms with Gasteiger partial charge in [0.1, 0.15) is 27.7 Å². The van der Waals surface area contributed by atoms with Gasteiger partial charge in [-0.3, -0.25) is 9.59 Å². The van der Waals surface area contributed by atoms with Gasteiger partial charge in [-0.15, -0.1) is 0 Å². The molecular formula is C24H25N3O4S. The highest BCUT2D eigenvalue weighted by atomic mass is 32.2. The Morgan fingerprint density at radius 3 is 2.53 bits per heavy atom. The average molecular weight is 452 g/mol. The van der Waals surface area contributed by atoms with Gasteiger partial charge in [-0.05, 0) is 62.4 Å². The summed E-state index contributed by atoms with van der Waals surface area (Å²) >= 11 is 0. The zero-order valence-corrected chi connectivity index (χ0v) is 19.0. The van der Waals surface area contributed by atoms with E-state index in [1.807, 2.05) is 19.9 Å². The third kappa shape index (κ3) is 4.45. The van der Waals surface area contributed by atoms with Crippen molar-refractivity contribution in [3.05, 3.63) is 42.0 Å². The lowest BCUT2D eigenvalue weighted by Gasteiger charge is -2.21. The second-order valence-electron chi connectivity index (χ2n) is 8.78. The predicted octanol–water partition coefficient (Wildman–Crippen LogP) is 3.99. The number of fused-ring (bicyclic) bond motifs is 3. The molecule has 1 heterocycles. The molecule has 1 aliphatic carbocycles. The van der Waals surface area contributed by atoms with Gasteiger partial charge in [0.25, 0.3) is 0 Å². The number of hydrogen-bond donors (Lipinski definition) is 2. The summed E-state index contributed by atoms with van der Waals surface area (Å²) in [5, 5.41) is 13.7. The monoisotopic (exact) mass is 451 g/mol. The summed E-state index contributed by atoms with van der Waals surface area (Å²) in [4.78, 5) is 25.0. The van der Waals surface area contributed by atoms with Gasteiger partial charge >= 0.3 is 0 Å².